The van der Waals surface area contributed by atoms with Crippen molar-refractivity contribution in [3.8, 4) is 22.3 Å². The first-order valence-corrected chi connectivity index (χ1v) is 14.9. The Labute approximate surface area is 244 Å². The largest absolute Gasteiger partial charge is 0.455 e. The van der Waals surface area contributed by atoms with Gasteiger partial charge in [-0.1, -0.05) is 116 Å². The van der Waals surface area contributed by atoms with Gasteiger partial charge in [0, 0.05) is 21.5 Å². The molecule has 0 aliphatic heterocycles. The van der Waals surface area contributed by atoms with Gasteiger partial charge in [-0.25, -0.2) is 0 Å². The number of benzene rings is 5. The molecule has 1 unspecified atom stereocenters. The van der Waals surface area contributed by atoms with Crippen molar-refractivity contribution in [1.29, 1.82) is 0 Å². The molecule has 4 heteroatoms. The molecular formula is C37H31BO2P. The molecule has 0 fully saturated rings. The Balaban J connectivity index is 1.36. The predicted octanol–water partition coefficient (Wildman–Crippen LogP) is 8.62. The molecule has 1 spiro atoms. The van der Waals surface area contributed by atoms with E-state index in [4.69, 9.17) is 9.07 Å². The molecule has 1 atom stereocenters. The van der Waals surface area contributed by atoms with Crippen LogP contribution < -0.4 is 5.46 Å². The topological polar surface area (TPSA) is 22.4 Å². The van der Waals surface area contributed by atoms with Crippen molar-refractivity contribution < 1.29 is 9.07 Å². The Kier molecular flexibility index (Phi) is 5.17. The van der Waals surface area contributed by atoms with E-state index in [1.807, 2.05) is 7.48 Å². The lowest BCUT2D eigenvalue weighted by Gasteiger charge is -2.39. The van der Waals surface area contributed by atoms with Crippen LogP contribution in [-0.2, 0) is 10.1 Å². The Bertz CT molecular complexity index is 1980. The molecule has 2 aliphatic rings. The lowest BCUT2D eigenvalue weighted by atomic mass is 9.70. The normalized spacial score (nSPS) is 14.8. The molecule has 41 heavy (non-hydrogen) atoms. The monoisotopic (exact) mass is 549 g/mol. The average Bonchev–Trinajstić information content (AvgIpc) is 3.59. The van der Waals surface area contributed by atoms with Gasteiger partial charge < -0.3 is 9.07 Å². The van der Waals surface area contributed by atoms with Crippen LogP contribution in [0.3, 0.4) is 0 Å². The van der Waals surface area contributed by atoms with Crippen LogP contribution >= 0.6 is 9.24 Å². The summed E-state index contributed by atoms with van der Waals surface area (Å²) in [5.74, 6) is 0. The highest BCUT2D eigenvalue weighted by Gasteiger charge is 2.52. The molecule has 0 saturated carbocycles. The maximum absolute atomic E-state index is 6.73. The number of rotatable bonds is 4. The third kappa shape index (κ3) is 3.28. The fourth-order valence-electron chi connectivity index (χ4n) is 6.87. The number of fused-ring (bicyclic) bond motifs is 14. The molecule has 1 radical (unpaired) electrons. The minimum atomic E-state index is -0.365. The van der Waals surface area contributed by atoms with Crippen LogP contribution in [0.1, 0.15) is 49.9 Å². The molecule has 6 aromatic rings. The Morgan fingerprint density at radius 2 is 1.24 bits per heavy atom. The lowest BCUT2D eigenvalue weighted by molar-refractivity contribution is 0.0841. The van der Waals surface area contributed by atoms with Gasteiger partial charge in [0.2, 0.25) is 0 Å². The van der Waals surface area contributed by atoms with Crippen molar-refractivity contribution in [3.63, 3.8) is 0 Å². The van der Waals surface area contributed by atoms with Gasteiger partial charge in [0.25, 0.3) is 0 Å². The first-order valence-electron chi connectivity index (χ1n) is 14.3. The Morgan fingerprint density at radius 3 is 1.88 bits per heavy atom. The molecule has 8 rings (SSSR count). The standard InChI is InChI=1S/C37H31BO2P/c1-35(2,36(3,4)41)40-38-22-17-20-32-27(21-22)25-18-19-31-33(34(25)39-32)26-13-7-10-16-30(26)37(31)28-14-8-5-11-23(28)24-12-6-9-15-29(24)37/h5-21H,41H2,1-4H3. The van der Waals surface area contributed by atoms with E-state index in [1.165, 1.54) is 44.5 Å². The van der Waals surface area contributed by atoms with Gasteiger partial charge in [-0.15, -0.1) is 9.24 Å². The second-order valence-corrected chi connectivity index (χ2v) is 14.0. The zero-order valence-electron chi connectivity index (χ0n) is 23.8. The molecule has 2 aliphatic carbocycles. The van der Waals surface area contributed by atoms with Crippen molar-refractivity contribution in [2.45, 2.75) is 43.9 Å². The zero-order valence-corrected chi connectivity index (χ0v) is 24.9. The summed E-state index contributed by atoms with van der Waals surface area (Å²) in [5, 5.41) is 2.16. The van der Waals surface area contributed by atoms with E-state index in [1.54, 1.807) is 0 Å². The highest BCUT2D eigenvalue weighted by molar-refractivity contribution is 7.19. The third-order valence-corrected chi connectivity index (χ3v) is 10.4. The summed E-state index contributed by atoms with van der Waals surface area (Å²) in [6.07, 6.45) is 0. The molecular weight excluding hydrogens is 518 g/mol. The van der Waals surface area contributed by atoms with Gasteiger partial charge in [-0.2, -0.15) is 0 Å². The van der Waals surface area contributed by atoms with Crippen molar-refractivity contribution in [1.82, 2.24) is 0 Å². The number of furan rings is 1. The Morgan fingerprint density at radius 1 is 0.659 bits per heavy atom. The number of hydrogen-bond donors (Lipinski definition) is 0. The van der Waals surface area contributed by atoms with Gasteiger partial charge in [0.15, 0.2) is 0 Å². The fourth-order valence-corrected chi connectivity index (χ4v) is 6.93. The van der Waals surface area contributed by atoms with Crippen LogP contribution in [0.4, 0.5) is 0 Å². The van der Waals surface area contributed by atoms with Crippen LogP contribution in [0.25, 0.3) is 44.2 Å². The van der Waals surface area contributed by atoms with Crippen LogP contribution in [0.5, 0.6) is 0 Å². The maximum atomic E-state index is 6.73. The van der Waals surface area contributed by atoms with E-state index < -0.39 is 0 Å². The highest BCUT2D eigenvalue weighted by Crippen LogP contribution is 2.63. The SMILES string of the molecule is CC(C)(P)C(C)(C)O[B]c1ccc2oc3c4c(ccc3c2c1)C1(c2ccccc2-c2ccccc21)c1ccccc1-4. The van der Waals surface area contributed by atoms with Gasteiger partial charge in [0.1, 0.15) is 11.2 Å². The molecule has 199 valence electrons. The molecule has 0 N–H and O–H groups in total. The first kappa shape index (κ1) is 25.1. The minimum Gasteiger partial charge on any atom is -0.455 e. The third-order valence-electron chi connectivity index (χ3n) is 9.66. The summed E-state index contributed by atoms with van der Waals surface area (Å²) >= 11 is 0. The average molecular weight is 549 g/mol. The molecule has 1 aromatic heterocycles. The van der Waals surface area contributed by atoms with Gasteiger partial charge in [-0.05, 0) is 58.9 Å². The van der Waals surface area contributed by atoms with Crippen LogP contribution in [0.2, 0.25) is 0 Å². The van der Waals surface area contributed by atoms with Crippen molar-refractivity contribution >= 4 is 44.1 Å². The minimum absolute atomic E-state index is 0.0721. The zero-order chi connectivity index (χ0) is 28.1. The molecule has 0 amide bonds. The van der Waals surface area contributed by atoms with Crippen molar-refractivity contribution in [3.05, 3.63) is 125 Å². The van der Waals surface area contributed by atoms with Crippen LogP contribution in [0.15, 0.2) is 108 Å². The molecule has 0 bridgehead atoms. The van der Waals surface area contributed by atoms with E-state index >= 15 is 0 Å². The molecule has 1 heterocycles. The maximum Gasteiger partial charge on any atom is 0.330 e. The summed E-state index contributed by atoms with van der Waals surface area (Å²) in [6.45, 7) is 8.59. The van der Waals surface area contributed by atoms with E-state index in [0.717, 1.165) is 27.4 Å². The smallest absolute Gasteiger partial charge is 0.330 e. The quantitative estimate of drug-likeness (QED) is 0.162. The number of hydrogen-bond acceptors (Lipinski definition) is 2. The summed E-state index contributed by atoms with van der Waals surface area (Å²) in [4.78, 5) is 0. The Hall–Kier alpha value is -3.65. The fraction of sp³-hybridized carbons (Fsp3) is 0.189. The van der Waals surface area contributed by atoms with E-state index in [9.17, 15) is 0 Å². The van der Waals surface area contributed by atoms with E-state index in [2.05, 4.69) is 140 Å². The van der Waals surface area contributed by atoms with Crippen molar-refractivity contribution in [2.24, 2.45) is 0 Å². The summed E-state index contributed by atoms with van der Waals surface area (Å²) in [5.41, 5.74) is 12.5. The van der Waals surface area contributed by atoms with E-state index in [-0.39, 0.29) is 16.2 Å². The van der Waals surface area contributed by atoms with Crippen molar-refractivity contribution in [2.75, 3.05) is 0 Å². The molecule has 2 nitrogen and oxygen atoms in total. The van der Waals surface area contributed by atoms with Crippen LogP contribution in [-0.4, -0.2) is 18.2 Å². The summed E-state index contributed by atoms with van der Waals surface area (Å²) in [6, 6.07) is 37.6. The second-order valence-electron chi connectivity index (χ2n) is 12.6. The predicted molar refractivity (Wildman–Crippen MR) is 174 cm³/mol. The van der Waals surface area contributed by atoms with E-state index in [0.29, 0.717) is 0 Å². The van der Waals surface area contributed by atoms with Gasteiger partial charge in [-0.3, -0.25) is 0 Å². The summed E-state index contributed by atoms with van der Waals surface area (Å²) in [7, 11) is 4.78. The molecule has 0 saturated heterocycles. The van der Waals surface area contributed by atoms with Gasteiger partial charge >= 0.3 is 7.48 Å². The highest BCUT2D eigenvalue weighted by atomic mass is 31.0. The van der Waals surface area contributed by atoms with Crippen LogP contribution in [0, 0.1) is 0 Å². The first-order chi connectivity index (χ1) is 19.7. The summed E-state index contributed by atoms with van der Waals surface area (Å²) < 4.78 is 13.0. The second kappa shape index (κ2) is 8.45. The lowest BCUT2D eigenvalue weighted by Crippen LogP contribution is -2.45. The van der Waals surface area contributed by atoms with Gasteiger partial charge in [0.05, 0.1) is 11.0 Å². The molecule has 5 aromatic carbocycles.